The summed E-state index contributed by atoms with van der Waals surface area (Å²) in [5.41, 5.74) is 2.24. The molecule has 3 rings (SSSR count). The first-order valence-corrected chi connectivity index (χ1v) is 10.8. The zero-order valence-electron chi connectivity index (χ0n) is 15.0. The molecule has 0 radical (unpaired) electrons. The first kappa shape index (κ1) is 20.2. The lowest BCUT2D eigenvalue weighted by molar-refractivity contribution is -0.113. The number of carbonyl (C=O) groups is 3. The van der Waals surface area contributed by atoms with Gasteiger partial charge in [-0.05, 0) is 55.1 Å². The van der Waals surface area contributed by atoms with Crippen LogP contribution in [0.5, 0.6) is 0 Å². The third kappa shape index (κ3) is 5.47. The van der Waals surface area contributed by atoms with Crippen LogP contribution in [0.2, 0.25) is 0 Å². The van der Waals surface area contributed by atoms with E-state index in [1.807, 2.05) is 18.4 Å². The molecule has 0 saturated carbocycles. The Morgan fingerprint density at radius 3 is 2.50 bits per heavy atom. The number of aryl methyl sites for hydroxylation is 1. The van der Waals surface area contributed by atoms with Gasteiger partial charge in [-0.25, -0.2) is 0 Å². The first-order valence-electron chi connectivity index (χ1n) is 8.14. The van der Waals surface area contributed by atoms with Crippen LogP contribution in [0.4, 0.5) is 10.8 Å². The van der Waals surface area contributed by atoms with Crippen LogP contribution >= 0.6 is 34.4 Å². The molecule has 0 aliphatic heterocycles. The predicted molar refractivity (Wildman–Crippen MR) is 113 cm³/mol. The van der Waals surface area contributed by atoms with Crippen LogP contribution in [-0.2, 0) is 4.79 Å². The number of nitrogens with one attached hydrogen (secondary N) is 2. The van der Waals surface area contributed by atoms with Crippen molar-refractivity contribution in [3.05, 3.63) is 51.7 Å². The average Bonchev–Trinajstić information content (AvgIpc) is 3.29. The highest BCUT2D eigenvalue weighted by molar-refractivity contribution is 8.01. The Kier molecular flexibility index (Phi) is 6.55. The minimum absolute atomic E-state index is 0.0261. The molecule has 2 N–H and O–H groups in total. The van der Waals surface area contributed by atoms with Gasteiger partial charge in [-0.15, -0.1) is 21.5 Å². The minimum Gasteiger partial charge on any atom is -0.325 e. The molecule has 1 aromatic carbocycles. The molecule has 2 aromatic heterocycles. The lowest BCUT2D eigenvalue weighted by atomic mass is 10.1. The summed E-state index contributed by atoms with van der Waals surface area (Å²) < 4.78 is 0.583. The number of carbonyl (C=O) groups excluding carboxylic acids is 3. The molecule has 0 unspecified atom stereocenters. The van der Waals surface area contributed by atoms with E-state index in [4.69, 9.17) is 0 Å². The van der Waals surface area contributed by atoms with E-state index in [-0.39, 0.29) is 23.4 Å². The SMILES string of the molecule is CC(=O)c1ccc(NC(=O)CSc2nnc(NC(=O)c3cc(C)cs3)s2)cc1. The van der Waals surface area contributed by atoms with Crippen molar-refractivity contribution in [3.63, 3.8) is 0 Å². The number of anilines is 2. The molecule has 10 heteroatoms. The smallest absolute Gasteiger partial charge is 0.267 e. The van der Waals surface area contributed by atoms with Crippen molar-refractivity contribution in [1.82, 2.24) is 10.2 Å². The Bertz CT molecular complexity index is 1010. The van der Waals surface area contributed by atoms with Gasteiger partial charge in [-0.2, -0.15) is 0 Å². The number of ketones is 1. The van der Waals surface area contributed by atoms with Gasteiger partial charge in [0.2, 0.25) is 11.0 Å². The van der Waals surface area contributed by atoms with Gasteiger partial charge in [0.1, 0.15) is 0 Å². The molecule has 0 atom stereocenters. The van der Waals surface area contributed by atoms with Crippen LogP contribution < -0.4 is 10.6 Å². The maximum atomic E-state index is 12.1. The van der Waals surface area contributed by atoms with Gasteiger partial charge in [0.15, 0.2) is 10.1 Å². The van der Waals surface area contributed by atoms with E-state index in [1.54, 1.807) is 24.3 Å². The molecule has 7 nitrogen and oxygen atoms in total. The van der Waals surface area contributed by atoms with Crippen molar-refractivity contribution in [1.29, 1.82) is 0 Å². The van der Waals surface area contributed by atoms with Gasteiger partial charge in [0, 0.05) is 11.3 Å². The maximum Gasteiger partial charge on any atom is 0.267 e. The van der Waals surface area contributed by atoms with Gasteiger partial charge in [-0.3, -0.25) is 19.7 Å². The van der Waals surface area contributed by atoms with E-state index in [0.717, 1.165) is 5.56 Å². The molecule has 0 bridgehead atoms. The van der Waals surface area contributed by atoms with Gasteiger partial charge in [0.05, 0.1) is 10.6 Å². The van der Waals surface area contributed by atoms with E-state index >= 15 is 0 Å². The third-order valence-corrected chi connectivity index (χ3v) is 6.50. The number of thiophene rings is 1. The fourth-order valence-corrected chi connectivity index (χ4v) is 4.48. The molecule has 3 aromatic rings. The van der Waals surface area contributed by atoms with Gasteiger partial charge in [-0.1, -0.05) is 23.1 Å². The van der Waals surface area contributed by atoms with Crippen molar-refractivity contribution in [2.75, 3.05) is 16.4 Å². The van der Waals surface area contributed by atoms with Crippen molar-refractivity contribution < 1.29 is 14.4 Å². The summed E-state index contributed by atoms with van der Waals surface area (Å²) in [6.07, 6.45) is 0. The fraction of sp³-hybridized carbons (Fsp3) is 0.167. The highest BCUT2D eigenvalue weighted by Crippen LogP contribution is 2.26. The van der Waals surface area contributed by atoms with Gasteiger partial charge in [0.25, 0.3) is 5.91 Å². The second-order valence-electron chi connectivity index (χ2n) is 5.79. The maximum absolute atomic E-state index is 12.1. The molecule has 0 saturated heterocycles. The lowest BCUT2D eigenvalue weighted by Gasteiger charge is -2.04. The van der Waals surface area contributed by atoms with Crippen LogP contribution in [0, 0.1) is 6.92 Å². The Labute approximate surface area is 173 Å². The van der Waals surface area contributed by atoms with Crippen LogP contribution in [0.15, 0.2) is 40.1 Å². The molecule has 144 valence electrons. The Morgan fingerprint density at radius 1 is 1.11 bits per heavy atom. The van der Waals surface area contributed by atoms with Crippen molar-refractivity contribution in [2.45, 2.75) is 18.2 Å². The number of benzene rings is 1. The van der Waals surface area contributed by atoms with Crippen molar-refractivity contribution >= 4 is 62.9 Å². The van der Waals surface area contributed by atoms with E-state index < -0.39 is 0 Å². The van der Waals surface area contributed by atoms with Crippen molar-refractivity contribution in [2.24, 2.45) is 0 Å². The molecular formula is C18H16N4O3S3. The molecule has 2 amide bonds. The Balaban J connectivity index is 1.49. The quantitative estimate of drug-likeness (QED) is 0.331. The molecule has 0 fully saturated rings. The Hall–Kier alpha value is -2.56. The number of amides is 2. The fourth-order valence-electron chi connectivity index (χ4n) is 2.14. The van der Waals surface area contributed by atoms with Gasteiger partial charge < -0.3 is 5.32 Å². The number of hydrogen-bond donors (Lipinski definition) is 2. The van der Waals surface area contributed by atoms with Crippen LogP contribution in [0.3, 0.4) is 0 Å². The first-order chi connectivity index (χ1) is 13.4. The van der Waals surface area contributed by atoms with Crippen LogP contribution in [0.25, 0.3) is 0 Å². The van der Waals surface area contributed by atoms with Crippen molar-refractivity contribution in [3.8, 4) is 0 Å². The normalized spacial score (nSPS) is 10.5. The zero-order chi connectivity index (χ0) is 20.1. The topological polar surface area (TPSA) is 101 Å². The molecular weight excluding hydrogens is 416 g/mol. The monoisotopic (exact) mass is 432 g/mol. The molecule has 0 spiro atoms. The van der Waals surface area contributed by atoms with Crippen LogP contribution in [0.1, 0.15) is 32.5 Å². The van der Waals surface area contributed by atoms with E-state index in [0.29, 0.717) is 25.6 Å². The standard InChI is InChI=1S/C18H16N4O3S3/c1-10-7-14(26-8-10)16(25)20-17-21-22-18(28-17)27-9-15(24)19-13-5-3-12(4-6-13)11(2)23/h3-8H,9H2,1-2H3,(H,19,24)(H,20,21,25). The summed E-state index contributed by atoms with van der Waals surface area (Å²) >= 11 is 3.81. The van der Waals surface area contributed by atoms with E-state index in [1.165, 1.54) is 41.4 Å². The number of nitrogens with zero attached hydrogens (tertiary/aromatic N) is 2. The summed E-state index contributed by atoms with van der Waals surface area (Å²) in [7, 11) is 0. The molecule has 28 heavy (non-hydrogen) atoms. The number of aromatic nitrogens is 2. The van der Waals surface area contributed by atoms with E-state index in [9.17, 15) is 14.4 Å². The second kappa shape index (κ2) is 9.09. The minimum atomic E-state index is -0.224. The van der Waals surface area contributed by atoms with Gasteiger partial charge >= 0.3 is 0 Å². The largest absolute Gasteiger partial charge is 0.325 e. The number of Topliss-reactive ketones (excluding diaryl/α,β-unsaturated/α-hetero) is 1. The zero-order valence-corrected chi connectivity index (χ0v) is 17.5. The Morgan fingerprint density at radius 2 is 1.86 bits per heavy atom. The third-order valence-electron chi connectivity index (χ3n) is 3.48. The highest BCUT2D eigenvalue weighted by atomic mass is 32.2. The predicted octanol–water partition coefficient (Wildman–Crippen LogP) is 4.09. The summed E-state index contributed by atoms with van der Waals surface area (Å²) in [6, 6.07) is 8.51. The molecule has 0 aliphatic carbocycles. The molecule has 0 aliphatic rings. The highest BCUT2D eigenvalue weighted by Gasteiger charge is 2.13. The number of hydrogen-bond acceptors (Lipinski definition) is 8. The second-order valence-corrected chi connectivity index (χ2v) is 8.90. The summed E-state index contributed by atoms with van der Waals surface area (Å²) in [5, 5.41) is 15.7. The molecule has 2 heterocycles. The average molecular weight is 433 g/mol. The summed E-state index contributed by atoms with van der Waals surface area (Å²) in [5.74, 6) is -0.295. The number of rotatable bonds is 7. The van der Waals surface area contributed by atoms with E-state index in [2.05, 4.69) is 20.8 Å². The number of thioether (sulfide) groups is 1. The van der Waals surface area contributed by atoms with Crippen LogP contribution in [-0.4, -0.2) is 33.5 Å². The summed E-state index contributed by atoms with van der Waals surface area (Å²) in [6.45, 7) is 3.42. The summed E-state index contributed by atoms with van der Waals surface area (Å²) in [4.78, 5) is 36.1. The lowest BCUT2D eigenvalue weighted by Crippen LogP contribution is -2.14.